The number of anilines is 1. The normalized spacial score (nSPS) is 12.1. The van der Waals surface area contributed by atoms with Gasteiger partial charge in [0.1, 0.15) is 0 Å². The number of amides is 1. The van der Waals surface area contributed by atoms with Gasteiger partial charge in [-0.15, -0.1) is 0 Å². The van der Waals surface area contributed by atoms with Gasteiger partial charge in [0.15, 0.2) is 15.0 Å². The first-order chi connectivity index (χ1) is 17.0. The third kappa shape index (κ3) is 5.08. The van der Waals surface area contributed by atoms with E-state index in [0.29, 0.717) is 29.7 Å². The van der Waals surface area contributed by atoms with Crippen molar-refractivity contribution in [2.45, 2.75) is 64.2 Å². The third-order valence-electron chi connectivity index (χ3n) is 6.23. The third-order valence-corrected chi connectivity index (χ3v) is 9.44. The van der Waals surface area contributed by atoms with Crippen LogP contribution in [0.15, 0.2) is 53.4 Å². The van der Waals surface area contributed by atoms with Gasteiger partial charge >= 0.3 is 0 Å². The first-order valence-electron chi connectivity index (χ1n) is 12.1. The predicted octanol–water partition coefficient (Wildman–Crippen LogP) is 5.76. The second-order valence-electron chi connectivity index (χ2n) is 9.57. The SMILES string of the molecule is Cc1cc(C)n(CCN(C(=O)c2ccc(S(=O)(=O)C(C)C)cc2)c2nc3c(C(C)C)cccc3s2)n1. The molecule has 36 heavy (non-hydrogen) atoms. The molecule has 4 rings (SSSR count). The minimum atomic E-state index is -3.42. The van der Waals surface area contributed by atoms with E-state index in [-0.39, 0.29) is 10.8 Å². The number of rotatable bonds is 8. The summed E-state index contributed by atoms with van der Waals surface area (Å²) in [6.07, 6.45) is 0. The number of nitrogens with zero attached hydrogens (tertiary/aromatic N) is 4. The summed E-state index contributed by atoms with van der Waals surface area (Å²) in [7, 11) is -3.42. The maximum atomic E-state index is 13.8. The number of sulfone groups is 1. The van der Waals surface area contributed by atoms with E-state index in [0.717, 1.165) is 27.2 Å². The van der Waals surface area contributed by atoms with Crippen LogP contribution in [0.4, 0.5) is 5.13 Å². The van der Waals surface area contributed by atoms with Crippen molar-refractivity contribution in [2.75, 3.05) is 11.4 Å². The number of hydrogen-bond acceptors (Lipinski definition) is 6. The number of hydrogen-bond donors (Lipinski definition) is 0. The van der Waals surface area contributed by atoms with Crippen LogP contribution in [0.2, 0.25) is 0 Å². The molecule has 0 atom stereocenters. The zero-order valence-electron chi connectivity index (χ0n) is 21.5. The van der Waals surface area contributed by atoms with Gasteiger partial charge in [0, 0.05) is 17.8 Å². The van der Waals surface area contributed by atoms with E-state index in [9.17, 15) is 13.2 Å². The lowest BCUT2D eigenvalue weighted by Crippen LogP contribution is -2.34. The Morgan fingerprint density at radius 3 is 2.33 bits per heavy atom. The zero-order valence-corrected chi connectivity index (χ0v) is 23.2. The lowest BCUT2D eigenvalue weighted by molar-refractivity contribution is 0.0985. The smallest absolute Gasteiger partial charge is 0.260 e. The highest BCUT2D eigenvalue weighted by Gasteiger charge is 2.24. The van der Waals surface area contributed by atoms with E-state index >= 15 is 0 Å². The summed E-state index contributed by atoms with van der Waals surface area (Å²) in [6.45, 7) is 12.4. The zero-order chi connectivity index (χ0) is 26.2. The number of fused-ring (bicyclic) bond motifs is 1. The van der Waals surface area contributed by atoms with E-state index in [4.69, 9.17) is 4.98 Å². The van der Waals surface area contributed by atoms with Crippen molar-refractivity contribution in [2.24, 2.45) is 0 Å². The van der Waals surface area contributed by atoms with Gasteiger partial charge in [0.25, 0.3) is 5.91 Å². The molecule has 0 aliphatic heterocycles. The molecule has 0 unspecified atom stereocenters. The monoisotopic (exact) mass is 524 g/mol. The fourth-order valence-corrected chi connectivity index (χ4v) is 6.22. The van der Waals surface area contributed by atoms with E-state index in [1.807, 2.05) is 36.7 Å². The molecule has 9 heteroatoms. The van der Waals surface area contributed by atoms with Crippen LogP contribution in [0, 0.1) is 13.8 Å². The van der Waals surface area contributed by atoms with Crippen LogP contribution >= 0.6 is 11.3 Å². The van der Waals surface area contributed by atoms with Crippen molar-refractivity contribution in [3.05, 3.63) is 71.0 Å². The van der Waals surface area contributed by atoms with Gasteiger partial charge in [0.05, 0.1) is 32.6 Å². The highest BCUT2D eigenvalue weighted by molar-refractivity contribution is 7.92. The van der Waals surface area contributed by atoms with Crippen LogP contribution in [0.25, 0.3) is 10.2 Å². The standard InChI is InChI=1S/C27H32N4O3S2/c1-17(2)23-8-7-9-24-25(23)28-27(35-24)30(14-15-31-20(6)16-19(5)29-31)26(32)21-10-12-22(13-11-21)36(33,34)18(3)4/h7-13,16-18H,14-15H2,1-6H3. The minimum Gasteiger partial charge on any atom is -0.282 e. The number of benzene rings is 2. The molecule has 4 aromatic rings. The highest BCUT2D eigenvalue weighted by Crippen LogP contribution is 2.34. The first-order valence-corrected chi connectivity index (χ1v) is 14.4. The van der Waals surface area contributed by atoms with Crippen molar-refractivity contribution in [3.63, 3.8) is 0 Å². The topological polar surface area (TPSA) is 85.2 Å². The van der Waals surface area contributed by atoms with Gasteiger partial charge in [-0.25, -0.2) is 13.4 Å². The molecular weight excluding hydrogens is 492 g/mol. The summed E-state index contributed by atoms with van der Waals surface area (Å²) in [5.74, 6) is 0.0770. The van der Waals surface area contributed by atoms with Crippen LogP contribution in [-0.4, -0.2) is 40.9 Å². The quantitative estimate of drug-likeness (QED) is 0.292. The van der Waals surface area contributed by atoms with Crippen LogP contribution in [-0.2, 0) is 16.4 Å². The van der Waals surface area contributed by atoms with Crippen LogP contribution in [0.1, 0.15) is 60.9 Å². The van der Waals surface area contributed by atoms with Crippen molar-refractivity contribution in [1.29, 1.82) is 0 Å². The number of carbonyl (C=O) groups excluding carboxylic acids is 1. The van der Waals surface area contributed by atoms with E-state index in [1.54, 1.807) is 30.9 Å². The molecule has 0 bridgehead atoms. The Balaban J connectivity index is 1.72. The summed E-state index contributed by atoms with van der Waals surface area (Å²) in [4.78, 5) is 20.5. The highest BCUT2D eigenvalue weighted by atomic mass is 32.2. The molecule has 0 fully saturated rings. The number of aryl methyl sites for hydroxylation is 2. The number of para-hydroxylation sites is 1. The fraction of sp³-hybridized carbons (Fsp3) is 0.370. The molecule has 0 spiro atoms. The van der Waals surface area contributed by atoms with Crippen LogP contribution in [0.3, 0.4) is 0 Å². The maximum Gasteiger partial charge on any atom is 0.260 e. The van der Waals surface area contributed by atoms with Gasteiger partial charge in [-0.1, -0.05) is 37.3 Å². The Bertz CT molecular complexity index is 1500. The van der Waals surface area contributed by atoms with Crippen LogP contribution < -0.4 is 4.90 Å². The molecule has 0 radical (unpaired) electrons. The number of aromatic nitrogens is 3. The average molecular weight is 525 g/mol. The van der Waals surface area contributed by atoms with Gasteiger partial charge in [-0.3, -0.25) is 14.4 Å². The molecule has 0 saturated heterocycles. The van der Waals surface area contributed by atoms with Crippen molar-refractivity contribution < 1.29 is 13.2 Å². The van der Waals surface area contributed by atoms with E-state index < -0.39 is 15.1 Å². The molecule has 0 aliphatic carbocycles. The molecule has 1 amide bonds. The molecule has 0 N–H and O–H groups in total. The van der Waals surface area contributed by atoms with E-state index in [2.05, 4.69) is 25.0 Å². The maximum absolute atomic E-state index is 13.8. The Hall–Kier alpha value is -3.04. The molecule has 2 aromatic heterocycles. The van der Waals surface area contributed by atoms with Crippen molar-refractivity contribution in [1.82, 2.24) is 14.8 Å². The number of thiazole rings is 1. The summed E-state index contributed by atoms with van der Waals surface area (Å²) in [5, 5.41) is 4.62. The largest absolute Gasteiger partial charge is 0.282 e. The van der Waals surface area contributed by atoms with Crippen LogP contribution in [0.5, 0.6) is 0 Å². The molecule has 0 saturated carbocycles. The second kappa shape index (κ2) is 10.1. The van der Waals surface area contributed by atoms with Gasteiger partial charge in [0.2, 0.25) is 0 Å². The molecule has 2 heterocycles. The molecule has 0 aliphatic rings. The molecule has 7 nitrogen and oxygen atoms in total. The lowest BCUT2D eigenvalue weighted by atomic mass is 10.0. The summed E-state index contributed by atoms with van der Waals surface area (Å²) in [6, 6.07) is 14.3. The lowest BCUT2D eigenvalue weighted by Gasteiger charge is -2.20. The van der Waals surface area contributed by atoms with Crippen molar-refractivity contribution >= 4 is 42.4 Å². The Morgan fingerprint density at radius 2 is 1.75 bits per heavy atom. The summed E-state index contributed by atoms with van der Waals surface area (Å²) < 4.78 is 28.0. The predicted molar refractivity (Wildman–Crippen MR) is 146 cm³/mol. The summed E-state index contributed by atoms with van der Waals surface area (Å²) >= 11 is 1.48. The van der Waals surface area contributed by atoms with Gasteiger partial charge < -0.3 is 0 Å². The fourth-order valence-electron chi connectivity index (χ4n) is 4.13. The summed E-state index contributed by atoms with van der Waals surface area (Å²) in [5.41, 5.74) is 4.41. The van der Waals surface area contributed by atoms with E-state index in [1.165, 1.54) is 23.5 Å². The number of carbonyl (C=O) groups is 1. The minimum absolute atomic E-state index is 0.213. The first kappa shape index (κ1) is 26.0. The molecule has 2 aromatic carbocycles. The van der Waals surface area contributed by atoms with Gasteiger partial charge in [-0.05, 0) is 75.6 Å². The molecule has 190 valence electrons. The van der Waals surface area contributed by atoms with Gasteiger partial charge in [-0.2, -0.15) is 5.10 Å². The molecular formula is C27H32N4O3S2. The van der Waals surface area contributed by atoms with Crippen molar-refractivity contribution in [3.8, 4) is 0 Å². The Labute approximate surface area is 216 Å². The Morgan fingerprint density at radius 1 is 1.06 bits per heavy atom. The Kier molecular flexibility index (Phi) is 7.33. The second-order valence-corrected chi connectivity index (χ2v) is 13.1. The average Bonchev–Trinajstić information content (AvgIpc) is 3.40.